The summed E-state index contributed by atoms with van der Waals surface area (Å²) in [6.45, 7) is 6.44. The van der Waals surface area contributed by atoms with Gasteiger partial charge in [-0.1, -0.05) is 222 Å². The SMILES string of the molecule is CC/C=C\C/C=C\C/C=C\C/C=C\CCCCCCCCCCCCC(=O)OCC(COC(=O)CCCCCCCCCC)OC(=O)CCCCCCC/C=C\C/C=C\CCCC. The van der Waals surface area contributed by atoms with E-state index in [0.717, 1.165) is 109 Å². The van der Waals surface area contributed by atoms with Crippen molar-refractivity contribution >= 4 is 17.9 Å². The van der Waals surface area contributed by atoms with Crippen LogP contribution in [-0.2, 0) is 28.6 Å². The molecule has 0 spiro atoms. The van der Waals surface area contributed by atoms with Crippen LogP contribution in [0.5, 0.6) is 0 Å². The fourth-order valence-electron chi connectivity index (χ4n) is 7.21. The largest absolute Gasteiger partial charge is 0.462 e. The van der Waals surface area contributed by atoms with Gasteiger partial charge in [0.15, 0.2) is 6.10 Å². The molecule has 1 unspecified atom stereocenters. The molecule has 0 aromatic rings. The zero-order chi connectivity index (χ0) is 45.8. The molecular formula is C57H98O6. The lowest BCUT2D eigenvalue weighted by molar-refractivity contribution is -0.167. The molecular weight excluding hydrogens is 781 g/mol. The van der Waals surface area contributed by atoms with Crippen LogP contribution in [0, 0.1) is 0 Å². The number of esters is 3. The summed E-state index contributed by atoms with van der Waals surface area (Å²) in [6, 6.07) is 0. The molecule has 0 aromatic carbocycles. The highest BCUT2D eigenvalue weighted by Gasteiger charge is 2.19. The van der Waals surface area contributed by atoms with Crippen LogP contribution in [0.4, 0.5) is 0 Å². The molecule has 1 atom stereocenters. The van der Waals surface area contributed by atoms with Crippen molar-refractivity contribution in [1.29, 1.82) is 0 Å². The number of hydrogen-bond acceptors (Lipinski definition) is 6. The molecule has 63 heavy (non-hydrogen) atoms. The molecule has 0 heterocycles. The van der Waals surface area contributed by atoms with Gasteiger partial charge < -0.3 is 14.2 Å². The second kappa shape index (κ2) is 51.5. The molecule has 0 amide bonds. The zero-order valence-electron chi connectivity index (χ0n) is 41.3. The molecule has 0 fully saturated rings. The highest BCUT2D eigenvalue weighted by atomic mass is 16.6. The minimum Gasteiger partial charge on any atom is -0.462 e. The first-order valence-corrected chi connectivity index (χ1v) is 26.4. The van der Waals surface area contributed by atoms with Gasteiger partial charge in [-0.3, -0.25) is 14.4 Å². The average molecular weight is 879 g/mol. The standard InChI is InChI=1S/C57H98O6/c1-4-7-10-13-16-19-21-23-25-26-27-28-29-30-31-32-33-35-36-38-41-44-47-50-56(59)62-53-54(52-61-55(58)49-46-43-40-18-15-12-9-6-3)63-57(60)51-48-45-42-39-37-34-24-22-20-17-14-11-8-5-2/h7,10,14,16-17,19,22-25,27-28,54H,4-6,8-9,11-13,15,18,20-21,26,29-53H2,1-3H3/b10-7-,17-14-,19-16-,24-22-,25-23-,28-27-. The van der Waals surface area contributed by atoms with Crippen molar-refractivity contribution in [3.8, 4) is 0 Å². The third-order valence-corrected chi connectivity index (χ3v) is 11.2. The highest BCUT2D eigenvalue weighted by Crippen LogP contribution is 2.15. The molecule has 0 aromatic heterocycles. The van der Waals surface area contributed by atoms with E-state index in [-0.39, 0.29) is 31.1 Å². The van der Waals surface area contributed by atoms with E-state index in [0.29, 0.717) is 19.3 Å². The van der Waals surface area contributed by atoms with Crippen molar-refractivity contribution < 1.29 is 28.6 Å². The smallest absolute Gasteiger partial charge is 0.306 e. The summed E-state index contributed by atoms with van der Waals surface area (Å²) in [4.78, 5) is 37.9. The van der Waals surface area contributed by atoms with Crippen LogP contribution in [0.2, 0.25) is 0 Å². The van der Waals surface area contributed by atoms with Crippen LogP contribution in [-0.4, -0.2) is 37.2 Å². The topological polar surface area (TPSA) is 78.9 Å². The molecule has 0 aliphatic rings. The molecule has 6 nitrogen and oxygen atoms in total. The highest BCUT2D eigenvalue weighted by molar-refractivity contribution is 5.71. The van der Waals surface area contributed by atoms with Crippen molar-refractivity contribution in [2.24, 2.45) is 0 Å². The number of carbonyl (C=O) groups is 3. The summed E-state index contributed by atoms with van der Waals surface area (Å²) in [7, 11) is 0. The van der Waals surface area contributed by atoms with Gasteiger partial charge in [-0.15, -0.1) is 0 Å². The van der Waals surface area contributed by atoms with E-state index < -0.39 is 6.10 Å². The van der Waals surface area contributed by atoms with Gasteiger partial charge in [-0.05, 0) is 83.5 Å². The molecule has 0 saturated carbocycles. The van der Waals surface area contributed by atoms with E-state index >= 15 is 0 Å². The van der Waals surface area contributed by atoms with Gasteiger partial charge in [-0.25, -0.2) is 0 Å². The predicted molar refractivity (Wildman–Crippen MR) is 270 cm³/mol. The molecule has 0 aliphatic carbocycles. The summed E-state index contributed by atoms with van der Waals surface area (Å²) >= 11 is 0. The minimum atomic E-state index is -0.781. The van der Waals surface area contributed by atoms with Gasteiger partial charge in [0.25, 0.3) is 0 Å². The second-order valence-corrected chi connectivity index (χ2v) is 17.4. The first-order valence-electron chi connectivity index (χ1n) is 26.4. The van der Waals surface area contributed by atoms with E-state index in [1.54, 1.807) is 0 Å². The Morgan fingerprint density at radius 3 is 1.02 bits per heavy atom. The molecule has 6 heteroatoms. The Hall–Kier alpha value is -3.15. The number of ether oxygens (including phenoxy) is 3. The monoisotopic (exact) mass is 879 g/mol. The summed E-state index contributed by atoms with van der Waals surface area (Å²) in [5, 5.41) is 0. The third-order valence-electron chi connectivity index (χ3n) is 11.2. The van der Waals surface area contributed by atoms with Crippen molar-refractivity contribution in [2.45, 2.75) is 258 Å². The average Bonchev–Trinajstić information content (AvgIpc) is 3.28. The Balaban J connectivity index is 4.24. The molecule has 0 saturated heterocycles. The lowest BCUT2D eigenvalue weighted by Crippen LogP contribution is -2.30. The van der Waals surface area contributed by atoms with Crippen LogP contribution >= 0.6 is 0 Å². The van der Waals surface area contributed by atoms with Gasteiger partial charge in [0.2, 0.25) is 0 Å². The number of carbonyl (C=O) groups excluding carboxylic acids is 3. The Morgan fingerprint density at radius 1 is 0.333 bits per heavy atom. The molecule has 0 N–H and O–H groups in total. The van der Waals surface area contributed by atoms with Crippen molar-refractivity contribution in [3.05, 3.63) is 72.9 Å². The normalized spacial score (nSPS) is 12.6. The van der Waals surface area contributed by atoms with E-state index in [9.17, 15) is 14.4 Å². The summed E-state index contributed by atoms with van der Waals surface area (Å²) in [5.74, 6) is -0.902. The summed E-state index contributed by atoms with van der Waals surface area (Å²) in [6.07, 6.45) is 64.7. The maximum Gasteiger partial charge on any atom is 0.306 e. The van der Waals surface area contributed by atoms with E-state index in [1.165, 1.54) is 103 Å². The molecule has 0 bridgehead atoms. The maximum atomic E-state index is 12.8. The first-order chi connectivity index (χ1) is 31.0. The summed E-state index contributed by atoms with van der Waals surface area (Å²) < 4.78 is 16.7. The first kappa shape index (κ1) is 59.9. The van der Waals surface area contributed by atoms with Gasteiger partial charge >= 0.3 is 17.9 Å². The van der Waals surface area contributed by atoms with Crippen molar-refractivity contribution in [3.63, 3.8) is 0 Å². The fourth-order valence-corrected chi connectivity index (χ4v) is 7.21. The Bertz CT molecular complexity index is 1190. The second-order valence-electron chi connectivity index (χ2n) is 17.4. The minimum absolute atomic E-state index is 0.0811. The predicted octanol–water partition coefficient (Wildman–Crippen LogP) is 17.4. The number of unbranched alkanes of at least 4 members (excludes halogenated alkanes) is 24. The summed E-state index contributed by atoms with van der Waals surface area (Å²) in [5.41, 5.74) is 0. The van der Waals surface area contributed by atoms with Gasteiger partial charge in [0, 0.05) is 19.3 Å². The Morgan fingerprint density at radius 2 is 0.635 bits per heavy atom. The molecule has 0 rings (SSSR count). The molecule has 0 aliphatic heterocycles. The Kier molecular flexibility index (Phi) is 48.9. The third kappa shape index (κ3) is 49.7. The molecule has 0 radical (unpaired) electrons. The fraction of sp³-hybridized carbons (Fsp3) is 0.737. The number of allylic oxidation sites excluding steroid dienone is 12. The van der Waals surface area contributed by atoms with Crippen molar-refractivity contribution in [1.82, 2.24) is 0 Å². The zero-order valence-corrected chi connectivity index (χ0v) is 41.3. The molecule has 362 valence electrons. The van der Waals surface area contributed by atoms with Crippen LogP contribution < -0.4 is 0 Å². The van der Waals surface area contributed by atoms with Gasteiger partial charge in [0.05, 0.1) is 0 Å². The van der Waals surface area contributed by atoms with E-state index in [4.69, 9.17) is 14.2 Å². The number of hydrogen-bond donors (Lipinski definition) is 0. The van der Waals surface area contributed by atoms with Gasteiger partial charge in [-0.2, -0.15) is 0 Å². The van der Waals surface area contributed by atoms with Crippen LogP contribution in [0.1, 0.15) is 252 Å². The van der Waals surface area contributed by atoms with E-state index in [1.807, 2.05) is 0 Å². The van der Waals surface area contributed by atoms with Gasteiger partial charge in [0.1, 0.15) is 13.2 Å². The Labute approximate surface area is 389 Å². The maximum absolute atomic E-state index is 12.8. The van der Waals surface area contributed by atoms with E-state index in [2.05, 4.69) is 93.7 Å². The van der Waals surface area contributed by atoms with Crippen molar-refractivity contribution in [2.75, 3.05) is 13.2 Å². The van der Waals surface area contributed by atoms with Crippen LogP contribution in [0.25, 0.3) is 0 Å². The van der Waals surface area contributed by atoms with Crippen LogP contribution in [0.3, 0.4) is 0 Å². The lowest BCUT2D eigenvalue weighted by atomic mass is 10.1. The number of rotatable bonds is 47. The quantitative estimate of drug-likeness (QED) is 0.0262. The van der Waals surface area contributed by atoms with Crippen LogP contribution in [0.15, 0.2) is 72.9 Å². The lowest BCUT2D eigenvalue weighted by Gasteiger charge is -2.18.